The third-order valence-corrected chi connectivity index (χ3v) is 8.94. The summed E-state index contributed by atoms with van der Waals surface area (Å²) in [5.74, 6) is 0.298. The van der Waals surface area contributed by atoms with Crippen LogP contribution in [0.2, 0.25) is 0 Å². The van der Waals surface area contributed by atoms with Crippen LogP contribution < -0.4 is 14.8 Å². The lowest BCUT2D eigenvalue weighted by molar-refractivity contribution is -0.120. The molecule has 1 aliphatic heterocycles. The number of ketones is 2. The first-order chi connectivity index (χ1) is 19.7. The molecule has 2 aromatic carbocycles. The molecule has 0 spiro atoms. The van der Waals surface area contributed by atoms with Gasteiger partial charge in [-0.1, -0.05) is 45.9 Å². The Labute approximate surface area is 249 Å². The highest BCUT2D eigenvalue weighted by molar-refractivity contribution is 6.06. The maximum atomic E-state index is 13.8. The van der Waals surface area contributed by atoms with Gasteiger partial charge in [0.2, 0.25) is 0 Å². The standard InChI is InChI=1S/C35H42N2O5/c1-20-10-9-11-23(21(20)2)36-30(40)19-42-28-13-12-22(14-29(28)41-8)31-32-24(15-34(3,4)17-26(32)38)37(7)25-16-35(5,6)18-27(39)33(25)31/h9-14,31H,15-19H2,1-8H3,(H,36,40). The highest BCUT2D eigenvalue weighted by atomic mass is 16.5. The molecule has 1 amide bonds. The van der Waals surface area contributed by atoms with Crippen LogP contribution in [0.3, 0.4) is 0 Å². The number of Topliss-reactive ketones (excluding diaryl/α,β-unsaturated/α-hetero) is 2. The number of carbonyl (C=O) groups excluding carboxylic acids is 3. The van der Waals surface area contributed by atoms with Gasteiger partial charge in [-0.2, -0.15) is 0 Å². The minimum absolute atomic E-state index is 0.0877. The van der Waals surface area contributed by atoms with E-state index in [1.165, 1.54) is 0 Å². The molecule has 7 heteroatoms. The molecule has 222 valence electrons. The molecule has 5 rings (SSSR count). The van der Waals surface area contributed by atoms with Crippen molar-refractivity contribution < 1.29 is 23.9 Å². The smallest absolute Gasteiger partial charge is 0.262 e. The Morgan fingerprint density at radius 1 is 0.905 bits per heavy atom. The van der Waals surface area contributed by atoms with E-state index in [0.717, 1.165) is 46.6 Å². The third-order valence-electron chi connectivity index (χ3n) is 8.94. The molecule has 7 nitrogen and oxygen atoms in total. The van der Waals surface area contributed by atoms with E-state index in [1.54, 1.807) is 13.2 Å². The number of anilines is 1. The summed E-state index contributed by atoms with van der Waals surface area (Å²) in [6.07, 6.45) is 2.40. The zero-order chi connectivity index (χ0) is 30.6. The zero-order valence-corrected chi connectivity index (χ0v) is 26.1. The van der Waals surface area contributed by atoms with Gasteiger partial charge in [0.05, 0.1) is 7.11 Å². The average Bonchev–Trinajstić information content (AvgIpc) is 2.90. The number of allylic oxidation sites excluding steroid dienone is 4. The molecule has 0 aromatic heterocycles. The Bertz CT molecular complexity index is 1490. The van der Waals surface area contributed by atoms with E-state index in [9.17, 15) is 14.4 Å². The van der Waals surface area contributed by atoms with Crippen molar-refractivity contribution in [3.8, 4) is 11.5 Å². The molecule has 0 saturated carbocycles. The Hall–Kier alpha value is -3.87. The van der Waals surface area contributed by atoms with Crippen LogP contribution in [0.1, 0.15) is 76.0 Å². The summed E-state index contributed by atoms with van der Waals surface area (Å²) >= 11 is 0. The van der Waals surface area contributed by atoms with Gasteiger partial charge < -0.3 is 19.7 Å². The van der Waals surface area contributed by atoms with E-state index in [-0.39, 0.29) is 34.9 Å². The van der Waals surface area contributed by atoms with Crippen molar-refractivity contribution in [3.63, 3.8) is 0 Å². The maximum absolute atomic E-state index is 13.8. The number of amides is 1. The minimum atomic E-state index is -0.464. The van der Waals surface area contributed by atoms with Gasteiger partial charge in [-0.3, -0.25) is 14.4 Å². The summed E-state index contributed by atoms with van der Waals surface area (Å²) in [5, 5.41) is 2.91. The van der Waals surface area contributed by atoms with Crippen LogP contribution in [0.4, 0.5) is 5.69 Å². The Kier molecular flexibility index (Phi) is 7.58. The van der Waals surface area contributed by atoms with E-state index < -0.39 is 5.92 Å². The molecule has 0 bridgehead atoms. The molecule has 42 heavy (non-hydrogen) atoms. The van der Waals surface area contributed by atoms with Crippen LogP contribution in [0.5, 0.6) is 11.5 Å². The predicted octanol–water partition coefficient (Wildman–Crippen LogP) is 6.64. The van der Waals surface area contributed by atoms with Crippen molar-refractivity contribution in [2.75, 3.05) is 26.1 Å². The van der Waals surface area contributed by atoms with E-state index in [2.05, 4.69) is 37.9 Å². The molecule has 2 aromatic rings. The number of carbonyl (C=O) groups is 3. The largest absolute Gasteiger partial charge is 0.493 e. The van der Waals surface area contributed by atoms with E-state index >= 15 is 0 Å². The fourth-order valence-electron chi connectivity index (χ4n) is 6.70. The van der Waals surface area contributed by atoms with Crippen LogP contribution in [-0.4, -0.2) is 43.1 Å². The average molecular weight is 571 g/mol. The molecule has 0 radical (unpaired) electrons. The summed E-state index contributed by atoms with van der Waals surface area (Å²) < 4.78 is 11.6. The van der Waals surface area contributed by atoms with Gasteiger partial charge in [0, 0.05) is 54.0 Å². The summed E-state index contributed by atoms with van der Waals surface area (Å²) in [7, 11) is 3.56. The lowest BCUT2D eigenvalue weighted by Gasteiger charge is -2.47. The molecule has 0 atom stereocenters. The topological polar surface area (TPSA) is 84.9 Å². The molecule has 0 fully saturated rings. The van der Waals surface area contributed by atoms with Crippen LogP contribution in [0.15, 0.2) is 58.9 Å². The Morgan fingerprint density at radius 2 is 1.50 bits per heavy atom. The van der Waals surface area contributed by atoms with Crippen molar-refractivity contribution in [1.29, 1.82) is 0 Å². The number of hydrogen-bond donors (Lipinski definition) is 1. The number of methoxy groups -OCH3 is 1. The number of ether oxygens (including phenoxy) is 2. The number of benzene rings is 2. The number of nitrogens with zero attached hydrogens (tertiary/aromatic N) is 1. The van der Waals surface area contributed by atoms with Crippen LogP contribution >= 0.6 is 0 Å². The number of nitrogens with one attached hydrogen (secondary N) is 1. The molecule has 0 saturated heterocycles. The van der Waals surface area contributed by atoms with Crippen molar-refractivity contribution >= 4 is 23.2 Å². The van der Waals surface area contributed by atoms with Crippen molar-refractivity contribution in [2.24, 2.45) is 10.8 Å². The summed E-state index contributed by atoms with van der Waals surface area (Å²) in [6, 6.07) is 11.3. The molecule has 0 unspecified atom stereocenters. The number of hydrogen-bond acceptors (Lipinski definition) is 6. The second kappa shape index (κ2) is 10.8. The first-order valence-electron chi connectivity index (χ1n) is 14.6. The fraction of sp³-hybridized carbons (Fsp3) is 0.457. The Balaban J connectivity index is 1.49. The second-order valence-electron chi connectivity index (χ2n) is 13.6. The highest BCUT2D eigenvalue weighted by Crippen LogP contribution is 2.54. The van der Waals surface area contributed by atoms with E-state index in [1.807, 2.05) is 51.2 Å². The molecule has 1 N–H and O–H groups in total. The number of rotatable bonds is 6. The SMILES string of the molecule is COc1cc(C2C3=C(CC(C)(C)CC3=O)N(C)C3=C2C(=O)CC(C)(C)C3)ccc1OCC(=O)Nc1cccc(C)c1C. The normalized spacial score (nSPS) is 19.9. The van der Waals surface area contributed by atoms with Crippen molar-refractivity contribution in [3.05, 3.63) is 75.6 Å². The molecular formula is C35H42N2O5. The number of aryl methyl sites for hydroxylation is 1. The van der Waals surface area contributed by atoms with Gasteiger partial charge in [0.25, 0.3) is 5.91 Å². The van der Waals surface area contributed by atoms with Gasteiger partial charge in [-0.05, 0) is 72.4 Å². The van der Waals surface area contributed by atoms with Gasteiger partial charge in [0.1, 0.15) is 0 Å². The summed E-state index contributed by atoms with van der Waals surface area (Å²) in [5.41, 5.74) is 6.79. The van der Waals surface area contributed by atoms with Gasteiger partial charge in [-0.15, -0.1) is 0 Å². The predicted molar refractivity (Wildman–Crippen MR) is 164 cm³/mol. The molecule has 2 aliphatic carbocycles. The molecule has 1 heterocycles. The fourth-order valence-corrected chi connectivity index (χ4v) is 6.70. The van der Waals surface area contributed by atoms with E-state index in [4.69, 9.17) is 9.47 Å². The minimum Gasteiger partial charge on any atom is -0.493 e. The van der Waals surface area contributed by atoms with Crippen LogP contribution in [0, 0.1) is 24.7 Å². The lowest BCUT2D eigenvalue weighted by Crippen LogP contribution is -2.43. The summed E-state index contributed by atoms with van der Waals surface area (Å²) in [6.45, 7) is 12.3. The third kappa shape index (κ3) is 5.49. The Morgan fingerprint density at radius 3 is 2.07 bits per heavy atom. The van der Waals surface area contributed by atoms with Gasteiger partial charge in [-0.25, -0.2) is 0 Å². The first kappa shape index (κ1) is 29.6. The second-order valence-corrected chi connectivity index (χ2v) is 13.6. The molecule has 3 aliphatic rings. The lowest BCUT2D eigenvalue weighted by atomic mass is 9.64. The van der Waals surface area contributed by atoms with Gasteiger partial charge in [0.15, 0.2) is 29.7 Å². The highest BCUT2D eigenvalue weighted by Gasteiger charge is 2.48. The van der Waals surface area contributed by atoms with Crippen molar-refractivity contribution in [1.82, 2.24) is 4.90 Å². The van der Waals surface area contributed by atoms with Gasteiger partial charge >= 0.3 is 0 Å². The van der Waals surface area contributed by atoms with Crippen molar-refractivity contribution in [2.45, 2.75) is 73.1 Å². The maximum Gasteiger partial charge on any atom is 0.262 e. The zero-order valence-electron chi connectivity index (χ0n) is 26.1. The first-order valence-corrected chi connectivity index (χ1v) is 14.6. The van der Waals surface area contributed by atoms with Crippen LogP contribution in [-0.2, 0) is 14.4 Å². The van der Waals surface area contributed by atoms with E-state index in [0.29, 0.717) is 35.5 Å². The summed E-state index contributed by atoms with van der Waals surface area (Å²) in [4.78, 5) is 42.4. The van der Waals surface area contributed by atoms with Crippen LogP contribution in [0.25, 0.3) is 0 Å². The quantitative estimate of drug-likeness (QED) is 0.419. The monoisotopic (exact) mass is 570 g/mol. The molecular weight excluding hydrogens is 528 g/mol.